The van der Waals surface area contributed by atoms with E-state index in [9.17, 15) is 9.59 Å². The quantitative estimate of drug-likeness (QED) is 0.797. The number of carbonyl (C=O) groups excluding carboxylic acids is 2. The molecule has 0 aliphatic heterocycles. The zero-order chi connectivity index (χ0) is 20.2. The van der Waals surface area contributed by atoms with Gasteiger partial charge in [-0.3, -0.25) is 9.59 Å². The second kappa shape index (κ2) is 8.44. The first kappa shape index (κ1) is 20.8. The van der Waals surface area contributed by atoms with Gasteiger partial charge in [0.2, 0.25) is 5.91 Å². The van der Waals surface area contributed by atoms with Crippen molar-refractivity contribution in [3.63, 3.8) is 0 Å². The van der Waals surface area contributed by atoms with Crippen LogP contribution < -0.4 is 15.4 Å². The average Bonchev–Trinajstić information content (AvgIpc) is 2.61. The zero-order valence-electron chi connectivity index (χ0n) is 16.2. The Labute approximate surface area is 165 Å². The Balaban J connectivity index is 1.99. The molecular formula is C21H25ClN2O3. The van der Waals surface area contributed by atoms with Crippen LogP contribution in [0.3, 0.4) is 0 Å². The number of hydrogen-bond acceptors (Lipinski definition) is 3. The minimum Gasteiger partial charge on any atom is -0.495 e. The van der Waals surface area contributed by atoms with E-state index in [1.165, 1.54) is 7.11 Å². The van der Waals surface area contributed by atoms with Gasteiger partial charge in [-0.2, -0.15) is 0 Å². The van der Waals surface area contributed by atoms with Crippen LogP contribution in [-0.2, 0) is 10.2 Å². The Kier molecular flexibility index (Phi) is 6.50. The van der Waals surface area contributed by atoms with Gasteiger partial charge in [-0.05, 0) is 48.2 Å². The van der Waals surface area contributed by atoms with Gasteiger partial charge in [0.05, 0.1) is 12.1 Å². The van der Waals surface area contributed by atoms with E-state index in [0.29, 0.717) is 22.0 Å². The van der Waals surface area contributed by atoms with Crippen LogP contribution in [0.1, 0.15) is 43.6 Å². The van der Waals surface area contributed by atoms with E-state index in [1.54, 1.807) is 37.3 Å². The number of ether oxygens (including phenoxy) is 1. The largest absolute Gasteiger partial charge is 0.495 e. The van der Waals surface area contributed by atoms with Crippen LogP contribution in [0.25, 0.3) is 0 Å². The number of hydrogen-bond donors (Lipinski definition) is 2. The van der Waals surface area contributed by atoms with Crippen LogP contribution >= 0.6 is 11.6 Å². The predicted molar refractivity (Wildman–Crippen MR) is 109 cm³/mol. The summed E-state index contributed by atoms with van der Waals surface area (Å²) in [6.45, 7) is 7.96. The topological polar surface area (TPSA) is 67.4 Å². The lowest BCUT2D eigenvalue weighted by molar-refractivity contribution is -0.117. The van der Waals surface area contributed by atoms with E-state index in [0.717, 1.165) is 5.56 Å². The van der Waals surface area contributed by atoms with E-state index >= 15 is 0 Å². The summed E-state index contributed by atoms with van der Waals surface area (Å²) in [4.78, 5) is 24.7. The number of methoxy groups -OCH3 is 1. The van der Waals surface area contributed by atoms with Crippen molar-refractivity contribution in [1.29, 1.82) is 0 Å². The molecule has 5 nitrogen and oxygen atoms in total. The molecule has 2 N–H and O–H groups in total. The maximum absolute atomic E-state index is 12.4. The molecule has 144 valence electrons. The highest BCUT2D eigenvalue weighted by molar-refractivity contribution is 6.32. The summed E-state index contributed by atoms with van der Waals surface area (Å²) >= 11 is 6.06. The van der Waals surface area contributed by atoms with Crippen molar-refractivity contribution in [2.75, 3.05) is 12.4 Å². The number of rotatable bonds is 5. The molecule has 2 amide bonds. The second-order valence-electron chi connectivity index (χ2n) is 7.36. The molecule has 2 aromatic carbocycles. The van der Waals surface area contributed by atoms with Gasteiger partial charge < -0.3 is 15.4 Å². The summed E-state index contributed by atoms with van der Waals surface area (Å²) in [5.74, 6) is -0.114. The highest BCUT2D eigenvalue weighted by Crippen LogP contribution is 2.27. The number of carbonyl (C=O) groups is 2. The molecule has 2 rings (SSSR count). The predicted octanol–water partition coefficient (Wildman–Crippen LogP) is 4.40. The van der Waals surface area contributed by atoms with Gasteiger partial charge in [-0.15, -0.1) is 0 Å². The molecule has 27 heavy (non-hydrogen) atoms. The maximum Gasteiger partial charge on any atom is 0.251 e. The van der Waals surface area contributed by atoms with Crippen molar-refractivity contribution in [3.8, 4) is 5.75 Å². The number of nitrogens with one attached hydrogen (secondary N) is 2. The number of amides is 2. The number of halogens is 1. The minimum atomic E-state index is -0.708. The Morgan fingerprint density at radius 2 is 1.70 bits per heavy atom. The second-order valence-corrected chi connectivity index (χ2v) is 7.77. The van der Waals surface area contributed by atoms with Crippen molar-refractivity contribution in [3.05, 3.63) is 58.6 Å². The third-order valence-corrected chi connectivity index (χ3v) is 4.47. The summed E-state index contributed by atoms with van der Waals surface area (Å²) in [6, 6.07) is 11.6. The fourth-order valence-corrected chi connectivity index (χ4v) is 2.72. The van der Waals surface area contributed by atoms with Crippen LogP contribution in [0, 0.1) is 0 Å². The first-order valence-corrected chi connectivity index (χ1v) is 9.05. The van der Waals surface area contributed by atoms with E-state index < -0.39 is 6.04 Å². The van der Waals surface area contributed by atoms with Gasteiger partial charge >= 0.3 is 0 Å². The highest BCUT2D eigenvalue weighted by Gasteiger charge is 2.18. The highest BCUT2D eigenvalue weighted by atomic mass is 35.5. The van der Waals surface area contributed by atoms with Crippen molar-refractivity contribution < 1.29 is 14.3 Å². The first-order chi connectivity index (χ1) is 12.6. The van der Waals surface area contributed by atoms with Gasteiger partial charge in [0.15, 0.2) is 0 Å². The molecule has 0 spiro atoms. The zero-order valence-corrected chi connectivity index (χ0v) is 17.0. The van der Waals surface area contributed by atoms with Crippen LogP contribution in [-0.4, -0.2) is 25.0 Å². The van der Waals surface area contributed by atoms with Gasteiger partial charge in [0.25, 0.3) is 5.91 Å². The SMILES string of the molecule is COc1ccc(NC(=O)C(C)NC(=O)c2ccc(C(C)(C)C)cc2)cc1Cl. The third kappa shape index (κ3) is 5.47. The fraction of sp³-hybridized carbons (Fsp3) is 0.333. The summed E-state index contributed by atoms with van der Waals surface area (Å²) in [7, 11) is 1.52. The van der Waals surface area contributed by atoms with Crippen molar-refractivity contribution in [1.82, 2.24) is 5.32 Å². The van der Waals surface area contributed by atoms with Crippen LogP contribution in [0.15, 0.2) is 42.5 Å². The maximum atomic E-state index is 12.4. The minimum absolute atomic E-state index is 0.0157. The number of anilines is 1. The Bertz CT molecular complexity index is 826. The van der Waals surface area contributed by atoms with Crippen molar-refractivity contribution in [2.24, 2.45) is 0 Å². The summed E-state index contributed by atoms with van der Waals surface area (Å²) in [5.41, 5.74) is 2.19. The van der Waals surface area contributed by atoms with Crippen LogP contribution in [0.2, 0.25) is 5.02 Å². The van der Waals surface area contributed by atoms with E-state index in [2.05, 4.69) is 31.4 Å². The first-order valence-electron chi connectivity index (χ1n) is 8.67. The molecule has 0 saturated carbocycles. The molecular weight excluding hydrogens is 364 g/mol. The molecule has 0 aliphatic rings. The molecule has 0 fully saturated rings. The lowest BCUT2D eigenvalue weighted by Crippen LogP contribution is -2.41. The van der Waals surface area contributed by atoms with Crippen LogP contribution in [0.5, 0.6) is 5.75 Å². The normalized spacial score (nSPS) is 12.2. The molecule has 0 bridgehead atoms. The molecule has 0 aromatic heterocycles. The monoisotopic (exact) mass is 388 g/mol. The van der Waals surface area contributed by atoms with E-state index in [-0.39, 0.29) is 17.2 Å². The molecule has 0 heterocycles. The lowest BCUT2D eigenvalue weighted by atomic mass is 9.86. The van der Waals surface area contributed by atoms with E-state index in [4.69, 9.17) is 16.3 Å². The van der Waals surface area contributed by atoms with Gasteiger partial charge in [0.1, 0.15) is 11.8 Å². The Morgan fingerprint density at radius 1 is 1.07 bits per heavy atom. The van der Waals surface area contributed by atoms with Crippen LogP contribution in [0.4, 0.5) is 5.69 Å². The molecule has 1 unspecified atom stereocenters. The Hall–Kier alpha value is -2.53. The smallest absolute Gasteiger partial charge is 0.251 e. The third-order valence-electron chi connectivity index (χ3n) is 4.17. The summed E-state index contributed by atoms with van der Waals surface area (Å²) in [5, 5.41) is 5.82. The average molecular weight is 389 g/mol. The summed E-state index contributed by atoms with van der Waals surface area (Å²) in [6.07, 6.45) is 0. The molecule has 0 radical (unpaired) electrons. The Morgan fingerprint density at radius 3 is 2.22 bits per heavy atom. The summed E-state index contributed by atoms with van der Waals surface area (Å²) < 4.78 is 5.08. The fourth-order valence-electron chi connectivity index (χ4n) is 2.46. The van der Waals surface area contributed by atoms with E-state index in [1.807, 2.05) is 12.1 Å². The van der Waals surface area contributed by atoms with Gasteiger partial charge in [-0.25, -0.2) is 0 Å². The van der Waals surface area contributed by atoms with Gasteiger partial charge in [-0.1, -0.05) is 44.5 Å². The molecule has 2 aromatic rings. The standard InChI is InChI=1S/C21H25ClN2O3/c1-13(19(25)24-16-10-11-18(27-5)17(22)12-16)23-20(26)14-6-8-15(9-7-14)21(2,3)4/h6-13H,1-5H3,(H,23,26)(H,24,25). The molecule has 0 aliphatic carbocycles. The number of benzene rings is 2. The lowest BCUT2D eigenvalue weighted by Gasteiger charge is -2.19. The molecule has 0 saturated heterocycles. The molecule has 1 atom stereocenters. The van der Waals surface area contributed by atoms with Crippen molar-refractivity contribution >= 4 is 29.1 Å². The molecule has 6 heteroatoms. The van der Waals surface area contributed by atoms with Crippen molar-refractivity contribution in [2.45, 2.75) is 39.2 Å². The van der Waals surface area contributed by atoms with Gasteiger partial charge in [0, 0.05) is 11.3 Å².